The number of carbonyl (C=O) groups is 1. The molecule has 3 rings (SSSR count). The lowest BCUT2D eigenvalue weighted by Crippen LogP contribution is -2.14. The molecule has 7 heteroatoms. The number of benzene rings is 3. The van der Waals surface area contributed by atoms with E-state index in [1.165, 1.54) is 6.08 Å². The van der Waals surface area contributed by atoms with Crippen molar-refractivity contribution in [1.82, 2.24) is 0 Å². The number of hydrogen-bond acceptors (Lipinski definition) is 5. The van der Waals surface area contributed by atoms with E-state index >= 15 is 0 Å². The maximum absolute atomic E-state index is 12.6. The van der Waals surface area contributed by atoms with Crippen molar-refractivity contribution in [3.63, 3.8) is 0 Å². The van der Waals surface area contributed by atoms with Crippen LogP contribution in [0, 0.1) is 18.3 Å². The minimum absolute atomic E-state index is 0.0239. The summed E-state index contributed by atoms with van der Waals surface area (Å²) in [5.41, 5.74) is 2.92. The molecule has 0 saturated heterocycles. The van der Waals surface area contributed by atoms with Gasteiger partial charge in [0.2, 0.25) is 0 Å². The zero-order valence-electron chi connectivity index (χ0n) is 18.5. The van der Waals surface area contributed by atoms with Gasteiger partial charge >= 0.3 is 0 Å². The molecule has 1 N–H and O–H groups in total. The zero-order chi connectivity index (χ0) is 23.8. The number of halogens is 1. The maximum Gasteiger partial charge on any atom is 0.266 e. The Balaban J connectivity index is 1.69. The van der Waals surface area contributed by atoms with Crippen LogP contribution in [0.15, 0.2) is 66.2 Å². The van der Waals surface area contributed by atoms with Crippen molar-refractivity contribution in [2.75, 3.05) is 19.5 Å². The van der Waals surface area contributed by atoms with E-state index in [-0.39, 0.29) is 5.57 Å². The Morgan fingerprint density at radius 1 is 1.03 bits per heavy atom. The maximum atomic E-state index is 12.6. The van der Waals surface area contributed by atoms with E-state index in [1.54, 1.807) is 56.7 Å². The molecule has 0 spiro atoms. The fourth-order valence-corrected chi connectivity index (χ4v) is 3.22. The molecule has 0 unspecified atom stereocenters. The van der Waals surface area contributed by atoms with Crippen molar-refractivity contribution in [3.05, 3.63) is 87.9 Å². The van der Waals surface area contributed by atoms with Gasteiger partial charge in [0.1, 0.15) is 35.5 Å². The fourth-order valence-electron chi connectivity index (χ4n) is 3.05. The van der Waals surface area contributed by atoms with Crippen molar-refractivity contribution in [1.29, 1.82) is 5.26 Å². The van der Waals surface area contributed by atoms with Gasteiger partial charge in [-0.2, -0.15) is 5.26 Å². The van der Waals surface area contributed by atoms with Crippen LogP contribution in [0.2, 0.25) is 5.02 Å². The van der Waals surface area contributed by atoms with E-state index in [2.05, 4.69) is 5.32 Å². The number of ether oxygens (including phenoxy) is 3. The summed E-state index contributed by atoms with van der Waals surface area (Å²) in [6.45, 7) is 2.14. The average molecular weight is 463 g/mol. The Labute approximate surface area is 198 Å². The number of nitriles is 1. The van der Waals surface area contributed by atoms with E-state index < -0.39 is 5.91 Å². The number of nitrogens with one attached hydrogen (secondary N) is 1. The molecule has 1 amide bonds. The molecule has 0 atom stereocenters. The summed E-state index contributed by atoms with van der Waals surface area (Å²) in [7, 11) is 3.20. The summed E-state index contributed by atoms with van der Waals surface area (Å²) in [4.78, 5) is 12.6. The van der Waals surface area contributed by atoms with Gasteiger partial charge in [-0.1, -0.05) is 29.8 Å². The van der Waals surface area contributed by atoms with Gasteiger partial charge in [0.05, 0.1) is 14.2 Å². The molecule has 0 bridgehead atoms. The first-order valence-corrected chi connectivity index (χ1v) is 10.4. The molecule has 168 valence electrons. The lowest BCUT2D eigenvalue weighted by atomic mass is 10.1. The van der Waals surface area contributed by atoms with Crippen LogP contribution in [0.1, 0.15) is 16.7 Å². The summed E-state index contributed by atoms with van der Waals surface area (Å²) in [6.07, 6.45) is 1.52. The summed E-state index contributed by atoms with van der Waals surface area (Å²) < 4.78 is 16.5. The third-order valence-electron chi connectivity index (χ3n) is 4.89. The number of anilines is 1. The van der Waals surface area contributed by atoms with Crippen molar-refractivity contribution < 1.29 is 19.0 Å². The molecule has 0 saturated carbocycles. The fraction of sp³-hybridized carbons (Fsp3) is 0.154. The smallest absolute Gasteiger partial charge is 0.266 e. The molecule has 3 aromatic rings. The molecule has 0 aliphatic carbocycles. The van der Waals surface area contributed by atoms with Crippen LogP contribution in [-0.4, -0.2) is 20.1 Å². The first-order chi connectivity index (χ1) is 15.9. The molecule has 3 aromatic carbocycles. The number of rotatable bonds is 8. The van der Waals surface area contributed by atoms with Crippen LogP contribution in [-0.2, 0) is 11.4 Å². The molecular formula is C26H23ClN2O4. The highest BCUT2D eigenvalue weighted by atomic mass is 35.5. The predicted molar refractivity (Wildman–Crippen MR) is 129 cm³/mol. The molecule has 0 heterocycles. The van der Waals surface area contributed by atoms with E-state index in [0.717, 1.165) is 11.1 Å². The van der Waals surface area contributed by atoms with Crippen molar-refractivity contribution in [3.8, 4) is 23.3 Å². The molecule has 0 aromatic heterocycles. The largest absolute Gasteiger partial charge is 0.497 e. The highest BCUT2D eigenvalue weighted by molar-refractivity contribution is 6.31. The molecule has 0 aliphatic rings. The van der Waals surface area contributed by atoms with Crippen LogP contribution in [0.5, 0.6) is 17.2 Å². The van der Waals surface area contributed by atoms with Crippen molar-refractivity contribution in [2.45, 2.75) is 13.5 Å². The number of methoxy groups -OCH3 is 2. The van der Waals surface area contributed by atoms with Crippen molar-refractivity contribution >= 4 is 29.3 Å². The second-order valence-corrected chi connectivity index (χ2v) is 7.56. The monoisotopic (exact) mass is 462 g/mol. The van der Waals surface area contributed by atoms with E-state index in [1.807, 2.05) is 31.2 Å². The molecule has 6 nitrogen and oxygen atoms in total. The van der Waals surface area contributed by atoms with E-state index in [4.69, 9.17) is 25.8 Å². The number of amides is 1. The SMILES string of the molecule is COc1ccc(OC)c(COc2ccc(/C=C(\C#N)C(=O)Nc3cc(Cl)ccc3C)cc2)c1. The molecule has 33 heavy (non-hydrogen) atoms. The Morgan fingerprint density at radius 2 is 1.76 bits per heavy atom. The highest BCUT2D eigenvalue weighted by Crippen LogP contribution is 2.26. The lowest BCUT2D eigenvalue weighted by molar-refractivity contribution is -0.112. The Morgan fingerprint density at radius 3 is 2.42 bits per heavy atom. The van der Waals surface area contributed by atoms with Crippen LogP contribution >= 0.6 is 11.6 Å². The summed E-state index contributed by atoms with van der Waals surface area (Å²) in [5.74, 6) is 1.54. The third-order valence-corrected chi connectivity index (χ3v) is 5.12. The quantitative estimate of drug-likeness (QED) is 0.338. The van der Waals surface area contributed by atoms with Gasteiger partial charge in [-0.3, -0.25) is 4.79 Å². The predicted octanol–water partition coefficient (Wildman–Crippen LogP) is 5.79. The minimum atomic E-state index is -0.506. The summed E-state index contributed by atoms with van der Waals surface area (Å²) >= 11 is 6.00. The second kappa shape index (κ2) is 11.1. The van der Waals surface area contributed by atoms with E-state index in [9.17, 15) is 10.1 Å². The van der Waals surface area contributed by atoms with Crippen LogP contribution in [0.3, 0.4) is 0 Å². The normalized spacial score (nSPS) is 10.8. The Kier molecular flexibility index (Phi) is 7.96. The number of carbonyl (C=O) groups excluding carboxylic acids is 1. The van der Waals surface area contributed by atoms with Crippen LogP contribution in [0.25, 0.3) is 6.08 Å². The topological polar surface area (TPSA) is 80.6 Å². The molecule has 0 radical (unpaired) electrons. The Hall–Kier alpha value is -3.95. The van der Waals surface area contributed by atoms with Crippen molar-refractivity contribution in [2.24, 2.45) is 0 Å². The second-order valence-electron chi connectivity index (χ2n) is 7.12. The minimum Gasteiger partial charge on any atom is -0.497 e. The van der Waals surface area contributed by atoms with Gasteiger partial charge < -0.3 is 19.5 Å². The van der Waals surface area contributed by atoms with Gasteiger partial charge in [-0.25, -0.2) is 0 Å². The zero-order valence-corrected chi connectivity index (χ0v) is 19.3. The number of nitrogens with zero attached hydrogens (tertiary/aromatic N) is 1. The Bertz CT molecular complexity index is 1210. The molecular weight excluding hydrogens is 440 g/mol. The number of hydrogen-bond donors (Lipinski definition) is 1. The first-order valence-electron chi connectivity index (χ1n) is 10.1. The molecule has 0 aliphatic heterocycles. The van der Waals surface area contributed by atoms with Gasteiger partial charge in [0.15, 0.2) is 0 Å². The summed E-state index contributed by atoms with van der Waals surface area (Å²) in [6, 6.07) is 19.7. The highest BCUT2D eigenvalue weighted by Gasteiger charge is 2.12. The van der Waals surface area contributed by atoms with Gasteiger partial charge in [-0.15, -0.1) is 0 Å². The van der Waals surface area contributed by atoms with Crippen LogP contribution < -0.4 is 19.5 Å². The van der Waals surface area contributed by atoms with Gasteiger partial charge in [0, 0.05) is 16.3 Å². The summed E-state index contributed by atoms with van der Waals surface area (Å²) in [5, 5.41) is 12.7. The van der Waals surface area contributed by atoms with Gasteiger partial charge in [-0.05, 0) is 66.6 Å². The van der Waals surface area contributed by atoms with Crippen LogP contribution in [0.4, 0.5) is 5.69 Å². The third kappa shape index (κ3) is 6.28. The average Bonchev–Trinajstić information content (AvgIpc) is 2.83. The molecule has 0 fully saturated rings. The van der Waals surface area contributed by atoms with Gasteiger partial charge in [0.25, 0.3) is 5.91 Å². The van der Waals surface area contributed by atoms with E-state index in [0.29, 0.717) is 40.1 Å². The lowest BCUT2D eigenvalue weighted by Gasteiger charge is -2.12. The first kappa shape index (κ1) is 23.7. The standard InChI is InChI=1S/C26H23ClN2O4/c1-17-4-7-21(27)14-24(17)29-26(30)19(15-28)12-18-5-8-22(9-6-18)33-16-20-13-23(31-2)10-11-25(20)32-3/h4-14H,16H2,1-3H3,(H,29,30)/b19-12+. The number of aryl methyl sites for hydroxylation is 1.